The summed E-state index contributed by atoms with van der Waals surface area (Å²) in [5.74, 6) is -0.296. The molecule has 4 aromatic rings. The molecule has 28 heteroatoms. The highest BCUT2D eigenvalue weighted by atomic mass is 16.5. The zero-order chi connectivity index (χ0) is 82.1. The largest absolute Gasteiger partial charge is 0.496 e. The molecule has 12 fully saturated rings. The van der Waals surface area contributed by atoms with Gasteiger partial charge in [0.1, 0.15) is 29.6 Å². The minimum absolute atomic E-state index is 0.00461. The summed E-state index contributed by atoms with van der Waals surface area (Å²) in [7, 11) is 4.65. The van der Waals surface area contributed by atoms with Crippen LogP contribution in [0.2, 0.25) is 0 Å². The molecular weight excluding hydrogens is 1490 g/mol. The first-order valence-corrected chi connectivity index (χ1v) is 42.8. The molecule has 3 atom stereocenters. The maximum Gasteiger partial charge on any atom is 0.326 e. The van der Waals surface area contributed by atoms with Crippen molar-refractivity contribution in [3.8, 4) is 23.0 Å². The van der Waals surface area contributed by atoms with Crippen LogP contribution in [0.5, 0.6) is 23.0 Å². The third-order valence-electron chi connectivity index (χ3n) is 26.3. The van der Waals surface area contributed by atoms with Crippen molar-refractivity contribution in [1.29, 1.82) is 0 Å². The third kappa shape index (κ3) is 21.8. The van der Waals surface area contributed by atoms with Crippen molar-refractivity contribution < 1.29 is 76.4 Å². The van der Waals surface area contributed by atoms with Crippen molar-refractivity contribution in [2.24, 2.45) is 10.8 Å². The number of ether oxygens (including phenoxy) is 6. The Morgan fingerprint density at radius 2 is 0.940 bits per heavy atom. The molecule has 1 saturated carbocycles. The smallest absolute Gasteiger partial charge is 0.326 e. The van der Waals surface area contributed by atoms with Gasteiger partial charge in [0.25, 0.3) is 17.7 Å². The lowest BCUT2D eigenvalue weighted by atomic mass is 9.68. The number of morpholine rings is 1. The molecule has 0 bridgehead atoms. The van der Waals surface area contributed by atoms with E-state index in [0.717, 1.165) is 122 Å². The van der Waals surface area contributed by atoms with E-state index in [-0.39, 0.29) is 83.2 Å². The summed E-state index contributed by atoms with van der Waals surface area (Å²) < 4.78 is 34.6. The number of rotatable bonds is 16. The van der Waals surface area contributed by atoms with Crippen LogP contribution < -0.4 is 61.1 Å². The Morgan fingerprint density at radius 1 is 0.462 bits per heavy atom. The highest BCUT2D eigenvalue weighted by molar-refractivity contribution is 6.04. The standard InChI is InChI=1S/C23H31N3O5.C23H32N2O3.C22H29N3O4.C21H28N4O4/c1-30-20-4-2-15(14-19(20)18-3-5-21(27)25-22(18)28)23(29)26-12-8-17(9-13-26)31-16-6-10-24-11-7-16;26-21-9-8-20(22(27)24-21)18-4-6-19(7-5-18)28-17-16-25-14-12-23(13-15-25)10-2-1-3-11-23;1-29-18-4-2-15(14-17(18)16-3-5-19(26)24-20(16)27)21(28)25-12-8-22(9-13-25)6-10-23-11-7-22;1-15-5-10-25(20(27)23-15)17-13-16(3-4-18(17)28-2)19(26)24-11-12-29-21(14-24)6-8-22-9-7-21/h2,4,14,16-18,24H,3,5-13H2,1H3,(H,25,27,28);4-7,20H,1-3,8-17H2,(H,24,26,27);2,4,14,16,23H,3,5-13H2,1H3,(H,24,26,27);3-4,13,22H,1,5-12,14H2,2H3,(H,23,27). The van der Waals surface area contributed by atoms with Gasteiger partial charge in [-0.05, 0) is 245 Å². The average molecular weight is 1610 g/mol. The molecule has 11 heterocycles. The number of urea groups is 1. The van der Waals surface area contributed by atoms with E-state index >= 15 is 0 Å². The Bertz CT molecular complexity index is 4190. The Labute approximate surface area is 687 Å². The van der Waals surface area contributed by atoms with E-state index in [1.54, 1.807) is 80.8 Å². The maximum atomic E-state index is 13.3. The highest BCUT2D eigenvalue weighted by Gasteiger charge is 2.43. The van der Waals surface area contributed by atoms with Gasteiger partial charge in [-0.25, -0.2) is 4.79 Å². The molecule has 12 aliphatic rings. The van der Waals surface area contributed by atoms with Gasteiger partial charge in [0, 0.05) is 105 Å². The van der Waals surface area contributed by atoms with E-state index in [2.05, 4.69) is 48.7 Å². The zero-order valence-electron chi connectivity index (χ0n) is 68.6. The number of methoxy groups -OCH3 is 3. The second-order valence-corrected chi connectivity index (χ2v) is 33.7. The molecule has 7 N–H and O–H groups in total. The van der Waals surface area contributed by atoms with Crippen molar-refractivity contribution in [2.45, 2.75) is 190 Å². The SMILES string of the molecule is C=C1CCN(c2cc(C(=O)N3CCOC4(CCNCC4)C3)ccc2OC)C(=O)N1.COc1ccc(C(=O)N2CCC(OC3CCNCC3)CC2)cc1C1CCC(=O)NC1=O.COc1ccc(C(=O)N2CCC3(CCNCC3)CC2)cc1C1CCC(=O)NC1=O.O=C1CCC(c2ccc(OCCN3CCC4(CCCCC4)CC3)cc2)C(=O)N1. The highest BCUT2D eigenvalue weighted by Crippen LogP contribution is 2.46. The molecular formula is C89H120N12O16. The van der Waals surface area contributed by atoms with E-state index in [4.69, 9.17) is 28.4 Å². The van der Waals surface area contributed by atoms with Gasteiger partial charge in [0.05, 0.1) is 75.7 Å². The summed E-state index contributed by atoms with van der Waals surface area (Å²) in [6.45, 7) is 19.0. The lowest BCUT2D eigenvalue weighted by molar-refractivity contribution is -0.135. The predicted octanol–water partition coefficient (Wildman–Crippen LogP) is 8.76. The summed E-state index contributed by atoms with van der Waals surface area (Å²) in [5.41, 5.74) is 6.02. The number of imide groups is 3. The van der Waals surface area contributed by atoms with Crippen molar-refractivity contribution in [3.05, 3.63) is 125 Å². The molecule has 28 nitrogen and oxygen atoms in total. The first kappa shape index (κ1) is 85.6. The number of hydrogen-bond donors (Lipinski definition) is 7. The summed E-state index contributed by atoms with van der Waals surface area (Å²) >= 11 is 0. The van der Waals surface area contributed by atoms with Crippen LogP contribution in [-0.2, 0) is 38.2 Å². The summed E-state index contributed by atoms with van der Waals surface area (Å²) in [4.78, 5) is 133. The Kier molecular flexibility index (Phi) is 29.2. The van der Waals surface area contributed by atoms with Crippen LogP contribution in [0.4, 0.5) is 10.5 Å². The number of nitrogens with zero attached hydrogens (tertiary/aromatic N) is 5. The molecule has 11 saturated heterocycles. The Hall–Kier alpha value is -9.32. The Balaban J connectivity index is 0.000000136. The quantitative estimate of drug-likeness (QED) is 0.0515. The van der Waals surface area contributed by atoms with E-state index in [9.17, 15) is 47.9 Å². The normalized spacial score (nSPS) is 23.8. The van der Waals surface area contributed by atoms with Crippen molar-refractivity contribution in [2.75, 3.05) is 144 Å². The lowest BCUT2D eigenvalue weighted by Crippen LogP contribution is -2.57. The number of likely N-dealkylation sites (tertiary alicyclic amines) is 3. The van der Waals surface area contributed by atoms with E-state index in [1.807, 2.05) is 39.0 Å². The van der Waals surface area contributed by atoms with Crippen molar-refractivity contribution in [3.63, 3.8) is 0 Å². The molecule has 11 aliphatic heterocycles. The molecule has 117 heavy (non-hydrogen) atoms. The lowest BCUT2D eigenvalue weighted by Gasteiger charge is -2.45. The van der Waals surface area contributed by atoms with Gasteiger partial charge in [0.15, 0.2) is 0 Å². The second kappa shape index (κ2) is 40.0. The first-order valence-electron chi connectivity index (χ1n) is 42.8. The van der Waals surface area contributed by atoms with Crippen LogP contribution >= 0.6 is 0 Å². The van der Waals surface area contributed by atoms with Gasteiger partial charge in [0.2, 0.25) is 35.4 Å². The molecule has 3 spiro atoms. The predicted molar refractivity (Wildman–Crippen MR) is 439 cm³/mol. The maximum absolute atomic E-state index is 13.3. The number of piperidine rings is 9. The molecule has 0 radical (unpaired) electrons. The first-order chi connectivity index (χ1) is 56.7. The minimum atomic E-state index is -0.496. The number of anilines is 1. The monoisotopic (exact) mass is 1610 g/mol. The van der Waals surface area contributed by atoms with Crippen LogP contribution in [0.3, 0.4) is 0 Å². The second-order valence-electron chi connectivity index (χ2n) is 33.7. The van der Waals surface area contributed by atoms with Gasteiger partial charge in [-0.2, -0.15) is 0 Å². The molecule has 632 valence electrons. The summed E-state index contributed by atoms with van der Waals surface area (Å²) in [6, 6.07) is 23.3. The van der Waals surface area contributed by atoms with E-state index in [0.29, 0.717) is 158 Å². The van der Waals surface area contributed by atoms with Crippen molar-refractivity contribution in [1.82, 2.24) is 56.8 Å². The Morgan fingerprint density at radius 3 is 1.48 bits per heavy atom. The number of benzene rings is 4. The topological polar surface area (TPSA) is 326 Å². The minimum Gasteiger partial charge on any atom is -0.496 e. The number of hydrogen-bond acceptors (Lipinski definition) is 20. The van der Waals surface area contributed by atoms with Gasteiger partial charge >= 0.3 is 6.03 Å². The number of carbonyl (C=O) groups is 10. The third-order valence-corrected chi connectivity index (χ3v) is 26.3. The molecule has 4 aromatic carbocycles. The molecule has 3 unspecified atom stereocenters. The van der Waals surface area contributed by atoms with Gasteiger partial charge in [-0.1, -0.05) is 38.0 Å². The van der Waals surface area contributed by atoms with E-state index < -0.39 is 11.8 Å². The van der Waals surface area contributed by atoms with Gasteiger partial charge < -0.3 is 64.4 Å². The molecule has 11 amide bonds. The summed E-state index contributed by atoms with van der Waals surface area (Å²) in [5, 5.41) is 20.1. The zero-order valence-corrected chi connectivity index (χ0v) is 68.6. The fourth-order valence-corrected chi connectivity index (χ4v) is 19.1. The number of nitrogens with one attached hydrogen (secondary N) is 7. The van der Waals surface area contributed by atoms with Crippen LogP contribution in [0.25, 0.3) is 0 Å². The number of amides is 11. The molecule has 0 aromatic heterocycles. The fraction of sp³-hybridized carbons (Fsp3) is 0.596. The van der Waals surface area contributed by atoms with Crippen LogP contribution in [0, 0.1) is 10.8 Å². The van der Waals surface area contributed by atoms with Gasteiger partial charge in [-0.15, -0.1) is 0 Å². The molecule has 1 aliphatic carbocycles. The number of carbonyl (C=O) groups excluding carboxylic acids is 10. The van der Waals surface area contributed by atoms with Crippen LogP contribution in [0.1, 0.15) is 220 Å². The fourth-order valence-electron chi connectivity index (χ4n) is 19.1. The van der Waals surface area contributed by atoms with Gasteiger partial charge in [-0.3, -0.25) is 68.9 Å². The van der Waals surface area contributed by atoms with Crippen molar-refractivity contribution >= 4 is 64.9 Å². The van der Waals surface area contributed by atoms with E-state index in [1.165, 1.54) is 70.9 Å². The summed E-state index contributed by atoms with van der Waals surface area (Å²) in [6.07, 6.45) is 23.5. The van der Waals surface area contributed by atoms with Crippen LogP contribution in [0.15, 0.2) is 91.1 Å². The van der Waals surface area contributed by atoms with Crippen LogP contribution in [-0.4, -0.2) is 236 Å². The average Bonchev–Trinajstić information content (AvgIpc) is 0.791. The molecule has 16 rings (SSSR count).